The van der Waals surface area contributed by atoms with Crippen molar-refractivity contribution in [3.63, 3.8) is 0 Å². The van der Waals surface area contributed by atoms with Gasteiger partial charge in [0, 0.05) is 15.1 Å². The molecule has 0 saturated heterocycles. The van der Waals surface area contributed by atoms with Gasteiger partial charge < -0.3 is 4.74 Å². The van der Waals surface area contributed by atoms with Gasteiger partial charge in [-0.25, -0.2) is 0 Å². The predicted molar refractivity (Wildman–Crippen MR) is 81.4 cm³/mol. The molecule has 0 unspecified atom stereocenters. The minimum Gasteiger partial charge on any atom is -0.460 e. The summed E-state index contributed by atoms with van der Waals surface area (Å²) in [6.07, 6.45) is 0.270. The maximum absolute atomic E-state index is 11.8. The van der Waals surface area contributed by atoms with E-state index < -0.39 is 5.60 Å². The highest BCUT2D eigenvalue weighted by atomic mass is 32.1. The minimum atomic E-state index is -0.463. The van der Waals surface area contributed by atoms with Crippen LogP contribution in [0.15, 0.2) is 24.3 Å². The van der Waals surface area contributed by atoms with Gasteiger partial charge in [0.15, 0.2) is 5.78 Å². The highest BCUT2D eigenvalue weighted by molar-refractivity contribution is 7.19. The lowest BCUT2D eigenvalue weighted by Crippen LogP contribution is -2.24. The Balaban J connectivity index is 2.20. The van der Waals surface area contributed by atoms with Crippen molar-refractivity contribution in [2.45, 2.75) is 39.7 Å². The summed E-state index contributed by atoms with van der Waals surface area (Å²) in [5, 5.41) is 1.05. The van der Waals surface area contributed by atoms with Crippen LogP contribution in [0.5, 0.6) is 0 Å². The van der Waals surface area contributed by atoms with Crippen molar-refractivity contribution in [1.29, 1.82) is 0 Å². The van der Waals surface area contributed by atoms with Crippen molar-refractivity contribution in [3.05, 3.63) is 34.7 Å². The fraction of sp³-hybridized carbons (Fsp3) is 0.375. The number of thiophene rings is 1. The standard InChI is InChI=1S/C16H18O3S/c1-10(17)11-5-6-12-7-13(20-14(12)8-11)9-15(18)19-16(2,3)4/h5-8H,9H2,1-4H3. The number of hydrogen-bond donors (Lipinski definition) is 0. The summed E-state index contributed by atoms with van der Waals surface area (Å²) in [5.41, 5.74) is 0.235. The van der Waals surface area contributed by atoms with Crippen LogP contribution in [0.25, 0.3) is 10.1 Å². The molecule has 106 valence electrons. The molecule has 0 atom stereocenters. The van der Waals surface area contributed by atoms with E-state index >= 15 is 0 Å². The van der Waals surface area contributed by atoms with Crippen molar-refractivity contribution in [3.8, 4) is 0 Å². The summed E-state index contributed by atoms with van der Waals surface area (Å²) in [5.74, 6) is -0.176. The van der Waals surface area contributed by atoms with Crippen molar-refractivity contribution in [2.75, 3.05) is 0 Å². The quantitative estimate of drug-likeness (QED) is 0.634. The number of hydrogen-bond acceptors (Lipinski definition) is 4. The molecule has 0 aliphatic heterocycles. The predicted octanol–water partition coefficient (Wildman–Crippen LogP) is 3.99. The molecule has 1 aromatic carbocycles. The number of esters is 1. The van der Waals surface area contributed by atoms with E-state index in [0.717, 1.165) is 15.0 Å². The maximum atomic E-state index is 11.8. The molecule has 3 nitrogen and oxygen atoms in total. The summed E-state index contributed by atoms with van der Waals surface area (Å²) in [6, 6.07) is 7.59. The van der Waals surface area contributed by atoms with Gasteiger partial charge in [0.05, 0.1) is 6.42 Å². The van der Waals surface area contributed by atoms with Crippen LogP contribution in [-0.2, 0) is 16.0 Å². The Morgan fingerprint density at radius 1 is 1.20 bits per heavy atom. The molecule has 2 rings (SSSR count). The van der Waals surface area contributed by atoms with Crippen LogP contribution in [0.1, 0.15) is 42.9 Å². The number of rotatable bonds is 3. The van der Waals surface area contributed by atoms with Gasteiger partial charge >= 0.3 is 5.97 Å². The molecule has 0 fully saturated rings. The Morgan fingerprint density at radius 3 is 2.50 bits per heavy atom. The Bertz CT molecular complexity index is 662. The SMILES string of the molecule is CC(=O)c1ccc2cc(CC(=O)OC(C)(C)C)sc2c1. The third kappa shape index (κ3) is 3.67. The van der Waals surface area contributed by atoms with Crippen LogP contribution in [0.4, 0.5) is 0 Å². The normalized spacial score (nSPS) is 11.6. The van der Waals surface area contributed by atoms with E-state index in [4.69, 9.17) is 4.74 Å². The van der Waals surface area contributed by atoms with Gasteiger partial charge in [-0.1, -0.05) is 12.1 Å². The number of carbonyl (C=O) groups excluding carboxylic acids is 2. The van der Waals surface area contributed by atoms with Crippen LogP contribution in [0.2, 0.25) is 0 Å². The van der Waals surface area contributed by atoms with E-state index in [1.54, 1.807) is 6.92 Å². The third-order valence-corrected chi connectivity index (χ3v) is 3.81. The second-order valence-electron chi connectivity index (χ2n) is 5.78. The van der Waals surface area contributed by atoms with E-state index in [2.05, 4.69) is 0 Å². The van der Waals surface area contributed by atoms with Crippen molar-refractivity contribution in [1.82, 2.24) is 0 Å². The lowest BCUT2D eigenvalue weighted by atomic mass is 10.1. The van der Waals surface area contributed by atoms with Gasteiger partial charge in [-0.15, -0.1) is 11.3 Å². The van der Waals surface area contributed by atoms with Gasteiger partial charge in [0.1, 0.15) is 5.60 Å². The first-order chi connectivity index (χ1) is 9.24. The fourth-order valence-electron chi connectivity index (χ4n) is 1.91. The zero-order valence-electron chi connectivity index (χ0n) is 12.1. The molecule has 2 aromatic rings. The smallest absolute Gasteiger partial charge is 0.311 e. The maximum Gasteiger partial charge on any atom is 0.311 e. The second-order valence-corrected chi connectivity index (χ2v) is 6.95. The summed E-state index contributed by atoms with van der Waals surface area (Å²) < 4.78 is 6.34. The first-order valence-corrected chi connectivity index (χ1v) is 7.31. The van der Waals surface area contributed by atoms with Crippen LogP contribution in [0.3, 0.4) is 0 Å². The molecule has 0 aliphatic carbocycles. The van der Waals surface area contributed by atoms with E-state index in [1.807, 2.05) is 45.0 Å². The number of ether oxygens (including phenoxy) is 1. The summed E-state index contributed by atoms with van der Waals surface area (Å²) >= 11 is 1.53. The topological polar surface area (TPSA) is 43.4 Å². The van der Waals surface area contributed by atoms with Crippen LogP contribution in [0, 0.1) is 0 Å². The van der Waals surface area contributed by atoms with E-state index in [-0.39, 0.29) is 18.2 Å². The third-order valence-electron chi connectivity index (χ3n) is 2.72. The van der Waals surface area contributed by atoms with Gasteiger partial charge in [-0.05, 0) is 45.2 Å². The number of benzene rings is 1. The number of fused-ring (bicyclic) bond motifs is 1. The van der Waals surface area contributed by atoms with Crippen LogP contribution >= 0.6 is 11.3 Å². The van der Waals surface area contributed by atoms with Gasteiger partial charge in [-0.2, -0.15) is 0 Å². The second kappa shape index (κ2) is 5.37. The Kier molecular flexibility index (Phi) is 3.95. The molecule has 0 radical (unpaired) electrons. The van der Waals surface area contributed by atoms with Gasteiger partial charge in [-0.3, -0.25) is 9.59 Å². The molecular weight excluding hydrogens is 272 g/mol. The Hall–Kier alpha value is -1.68. The first kappa shape index (κ1) is 14.7. The number of carbonyl (C=O) groups is 2. The van der Waals surface area contributed by atoms with Gasteiger partial charge in [0.2, 0.25) is 0 Å². The lowest BCUT2D eigenvalue weighted by Gasteiger charge is -2.19. The molecule has 0 N–H and O–H groups in total. The monoisotopic (exact) mass is 290 g/mol. The average molecular weight is 290 g/mol. The highest BCUT2D eigenvalue weighted by Crippen LogP contribution is 2.27. The molecule has 0 saturated carbocycles. The van der Waals surface area contributed by atoms with Crippen LogP contribution < -0.4 is 0 Å². The largest absolute Gasteiger partial charge is 0.460 e. The molecule has 20 heavy (non-hydrogen) atoms. The highest BCUT2D eigenvalue weighted by Gasteiger charge is 2.17. The summed E-state index contributed by atoms with van der Waals surface area (Å²) in [4.78, 5) is 24.1. The fourth-order valence-corrected chi connectivity index (χ4v) is 3.00. The lowest BCUT2D eigenvalue weighted by molar-refractivity contribution is -0.153. The molecule has 0 bridgehead atoms. The molecule has 0 amide bonds. The average Bonchev–Trinajstić information content (AvgIpc) is 2.66. The molecular formula is C16H18O3S. The Morgan fingerprint density at radius 2 is 1.90 bits per heavy atom. The van der Waals surface area contributed by atoms with E-state index in [0.29, 0.717) is 5.56 Å². The molecule has 1 aromatic heterocycles. The number of ketones is 1. The molecule has 0 spiro atoms. The van der Waals surface area contributed by atoms with Crippen molar-refractivity contribution >= 4 is 33.2 Å². The Labute approximate surface area is 122 Å². The van der Waals surface area contributed by atoms with Crippen molar-refractivity contribution in [2.24, 2.45) is 0 Å². The number of Topliss-reactive ketones (excluding diaryl/α,β-unsaturated/α-hetero) is 1. The summed E-state index contributed by atoms with van der Waals surface area (Å²) in [7, 11) is 0. The molecule has 1 heterocycles. The van der Waals surface area contributed by atoms with E-state index in [1.165, 1.54) is 11.3 Å². The van der Waals surface area contributed by atoms with Crippen molar-refractivity contribution < 1.29 is 14.3 Å². The van der Waals surface area contributed by atoms with Gasteiger partial charge in [0.25, 0.3) is 0 Å². The van der Waals surface area contributed by atoms with Crippen LogP contribution in [-0.4, -0.2) is 17.4 Å². The first-order valence-electron chi connectivity index (χ1n) is 6.50. The minimum absolute atomic E-state index is 0.0500. The molecule has 0 aliphatic rings. The summed E-state index contributed by atoms with van der Waals surface area (Å²) in [6.45, 7) is 7.12. The zero-order valence-corrected chi connectivity index (χ0v) is 13.0. The molecule has 4 heteroatoms. The zero-order chi connectivity index (χ0) is 14.9. The van der Waals surface area contributed by atoms with E-state index in [9.17, 15) is 9.59 Å².